The normalized spacial score (nSPS) is 19.2. The monoisotopic (exact) mass is 254 g/mol. The van der Waals surface area contributed by atoms with Gasteiger partial charge in [-0.25, -0.2) is 4.79 Å². The van der Waals surface area contributed by atoms with E-state index in [1.165, 1.54) is 9.75 Å². The van der Waals surface area contributed by atoms with E-state index in [0.29, 0.717) is 19.0 Å². The number of aryl methyl sites for hydroxylation is 1. The lowest BCUT2D eigenvalue weighted by atomic mass is 10.1. The zero-order chi connectivity index (χ0) is 12.1. The highest BCUT2D eigenvalue weighted by molar-refractivity contribution is 7.11. The number of carbonyl (C=O) groups excluding carboxylic acids is 1. The lowest BCUT2D eigenvalue weighted by Gasteiger charge is -2.10. The first kappa shape index (κ1) is 12.4. The van der Waals surface area contributed by atoms with Crippen molar-refractivity contribution in [2.24, 2.45) is 5.92 Å². The SMILES string of the molecule is Cc1ccc(CNC(=O)NC[C@H]2CCOC2)s1. The Kier molecular flexibility index (Phi) is 4.39. The molecule has 1 atom stereocenters. The summed E-state index contributed by atoms with van der Waals surface area (Å²) < 4.78 is 5.25. The van der Waals surface area contributed by atoms with Gasteiger partial charge >= 0.3 is 6.03 Å². The fourth-order valence-electron chi connectivity index (χ4n) is 1.79. The third-order valence-corrected chi connectivity index (χ3v) is 3.80. The minimum absolute atomic E-state index is 0.0945. The summed E-state index contributed by atoms with van der Waals surface area (Å²) in [5.41, 5.74) is 0. The van der Waals surface area contributed by atoms with E-state index < -0.39 is 0 Å². The maximum absolute atomic E-state index is 11.5. The van der Waals surface area contributed by atoms with E-state index in [9.17, 15) is 4.79 Å². The van der Waals surface area contributed by atoms with Crippen molar-refractivity contribution in [1.29, 1.82) is 0 Å². The summed E-state index contributed by atoms with van der Waals surface area (Å²) in [5.74, 6) is 0.477. The van der Waals surface area contributed by atoms with Crippen LogP contribution in [0, 0.1) is 12.8 Å². The Hall–Kier alpha value is -1.07. The summed E-state index contributed by atoms with van der Waals surface area (Å²) in [6.07, 6.45) is 1.05. The van der Waals surface area contributed by atoms with Gasteiger partial charge in [0.15, 0.2) is 0 Å². The zero-order valence-corrected chi connectivity index (χ0v) is 10.8. The van der Waals surface area contributed by atoms with Crippen molar-refractivity contribution < 1.29 is 9.53 Å². The minimum Gasteiger partial charge on any atom is -0.381 e. The van der Waals surface area contributed by atoms with Crippen LogP contribution in [0.1, 0.15) is 16.2 Å². The Balaban J connectivity index is 1.63. The maximum atomic E-state index is 11.5. The number of amides is 2. The van der Waals surface area contributed by atoms with Gasteiger partial charge in [-0.05, 0) is 25.5 Å². The molecule has 94 valence electrons. The van der Waals surface area contributed by atoms with Gasteiger partial charge < -0.3 is 15.4 Å². The van der Waals surface area contributed by atoms with Crippen molar-refractivity contribution in [3.8, 4) is 0 Å². The van der Waals surface area contributed by atoms with E-state index in [1.807, 2.05) is 6.07 Å². The van der Waals surface area contributed by atoms with Gasteiger partial charge in [0.25, 0.3) is 0 Å². The lowest BCUT2D eigenvalue weighted by Crippen LogP contribution is -2.37. The molecule has 0 aromatic carbocycles. The second-order valence-electron chi connectivity index (χ2n) is 4.31. The van der Waals surface area contributed by atoms with Crippen molar-refractivity contribution in [2.45, 2.75) is 19.9 Å². The smallest absolute Gasteiger partial charge is 0.315 e. The predicted molar refractivity (Wildman–Crippen MR) is 68.2 cm³/mol. The van der Waals surface area contributed by atoms with Gasteiger partial charge in [-0.15, -0.1) is 11.3 Å². The van der Waals surface area contributed by atoms with Crippen LogP contribution in [0.2, 0.25) is 0 Å². The molecule has 0 unspecified atom stereocenters. The molecule has 0 bridgehead atoms. The van der Waals surface area contributed by atoms with Gasteiger partial charge in [0.1, 0.15) is 0 Å². The summed E-state index contributed by atoms with van der Waals surface area (Å²) in [6.45, 7) is 4.96. The number of carbonyl (C=O) groups is 1. The topological polar surface area (TPSA) is 50.4 Å². The van der Waals surface area contributed by atoms with Crippen LogP contribution in [0.3, 0.4) is 0 Å². The third kappa shape index (κ3) is 4.02. The van der Waals surface area contributed by atoms with Crippen LogP contribution in [-0.4, -0.2) is 25.8 Å². The van der Waals surface area contributed by atoms with Gasteiger partial charge in [-0.1, -0.05) is 0 Å². The largest absolute Gasteiger partial charge is 0.381 e. The van der Waals surface area contributed by atoms with Crippen molar-refractivity contribution >= 4 is 17.4 Å². The molecule has 1 aliphatic heterocycles. The van der Waals surface area contributed by atoms with Crippen molar-refractivity contribution in [2.75, 3.05) is 19.8 Å². The average molecular weight is 254 g/mol. The number of thiophene rings is 1. The molecule has 1 saturated heterocycles. The Labute approximate surface area is 105 Å². The molecule has 1 aliphatic rings. The molecular formula is C12H18N2O2S. The highest BCUT2D eigenvalue weighted by Crippen LogP contribution is 2.14. The number of urea groups is 1. The summed E-state index contributed by atoms with van der Waals surface area (Å²) in [5, 5.41) is 5.73. The van der Waals surface area contributed by atoms with E-state index in [0.717, 1.165) is 19.6 Å². The minimum atomic E-state index is -0.0945. The maximum Gasteiger partial charge on any atom is 0.315 e. The highest BCUT2D eigenvalue weighted by atomic mass is 32.1. The second-order valence-corrected chi connectivity index (χ2v) is 5.68. The number of nitrogens with one attached hydrogen (secondary N) is 2. The third-order valence-electron chi connectivity index (χ3n) is 2.79. The molecule has 2 rings (SSSR count). The Bertz CT molecular complexity index is 372. The second kappa shape index (κ2) is 6.02. The summed E-state index contributed by atoms with van der Waals surface area (Å²) >= 11 is 1.71. The van der Waals surface area contributed by atoms with Gasteiger partial charge in [-0.2, -0.15) is 0 Å². The molecule has 17 heavy (non-hydrogen) atoms. The molecule has 0 saturated carbocycles. The van der Waals surface area contributed by atoms with Crippen LogP contribution in [0.25, 0.3) is 0 Å². The van der Waals surface area contributed by atoms with Gasteiger partial charge in [0.2, 0.25) is 0 Å². The zero-order valence-electron chi connectivity index (χ0n) is 9.99. The first-order valence-corrected chi connectivity index (χ1v) is 6.70. The molecule has 5 heteroatoms. The number of ether oxygens (including phenoxy) is 1. The van der Waals surface area contributed by atoms with Crippen molar-refractivity contribution in [3.05, 3.63) is 21.9 Å². The first-order valence-electron chi connectivity index (χ1n) is 5.89. The molecule has 2 N–H and O–H groups in total. The molecule has 0 spiro atoms. The van der Waals surface area contributed by atoms with Crippen LogP contribution < -0.4 is 10.6 Å². The fraction of sp³-hybridized carbons (Fsp3) is 0.583. The molecule has 1 aromatic heterocycles. The molecule has 0 radical (unpaired) electrons. The van der Waals surface area contributed by atoms with Gasteiger partial charge in [-0.3, -0.25) is 0 Å². The van der Waals surface area contributed by atoms with Crippen molar-refractivity contribution in [3.63, 3.8) is 0 Å². The van der Waals surface area contributed by atoms with E-state index in [-0.39, 0.29) is 6.03 Å². The quantitative estimate of drug-likeness (QED) is 0.862. The molecule has 2 amide bonds. The summed E-state index contributed by atoms with van der Waals surface area (Å²) in [4.78, 5) is 14.0. The number of hydrogen-bond acceptors (Lipinski definition) is 3. The molecular weight excluding hydrogens is 236 g/mol. The first-order chi connectivity index (χ1) is 8.24. The van der Waals surface area contributed by atoms with Crippen LogP contribution in [0.4, 0.5) is 4.79 Å². The molecule has 1 aromatic rings. The standard InChI is InChI=1S/C12H18N2O2S/c1-9-2-3-11(17-9)7-14-12(15)13-6-10-4-5-16-8-10/h2-3,10H,4-8H2,1H3,(H2,13,14,15)/t10-/m1/s1. The molecule has 4 nitrogen and oxygen atoms in total. The molecule has 2 heterocycles. The summed E-state index contributed by atoms with van der Waals surface area (Å²) in [7, 11) is 0. The Morgan fingerprint density at radius 1 is 1.53 bits per heavy atom. The van der Waals surface area contributed by atoms with Gasteiger partial charge in [0, 0.05) is 28.8 Å². The highest BCUT2D eigenvalue weighted by Gasteiger charge is 2.15. The van der Waals surface area contributed by atoms with E-state index in [4.69, 9.17) is 4.74 Å². The Morgan fingerprint density at radius 2 is 2.41 bits per heavy atom. The van der Waals surface area contributed by atoms with E-state index in [1.54, 1.807) is 11.3 Å². The van der Waals surface area contributed by atoms with Crippen molar-refractivity contribution in [1.82, 2.24) is 10.6 Å². The van der Waals surface area contributed by atoms with Gasteiger partial charge in [0.05, 0.1) is 13.2 Å². The van der Waals surface area contributed by atoms with Crippen LogP contribution in [-0.2, 0) is 11.3 Å². The Morgan fingerprint density at radius 3 is 3.06 bits per heavy atom. The average Bonchev–Trinajstić information content (AvgIpc) is 2.95. The van der Waals surface area contributed by atoms with E-state index in [2.05, 4.69) is 23.6 Å². The number of rotatable bonds is 4. The van der Waals surface area contributed by atoms with E-state index >= 15 is 0 Å². The fourth-order valence-corrected chi connectivity index (χ4v) is 2.62. The number of hydrogen-bond donors (Lipinski definition) is 2. The van der Waals surface area contributed by atoms with Crippen LogP contribution >= 0.6 is 11.3 Å². The van der Waals surface area contributed by atoms with Crippen LogP contribution in [0.15, 0.2) is 12.1 Å². The lowest BCUT2D eigenvalue weighted by molar-refractivity contribution is 0.185. The molecule has 0 aliphatic carbocycles. The molecule has 1 fully saturated rings. The predicted octanol–water partition coefficient (Wildman–Crippen LogP) is 1.89. The summed E-state index contributed by atoms with van der Waals surface area (Å²) in [6, 6.07) is 4.02. The van der Waals surface area contributed by atoms with Crippen LogP contribution in [0.5, 0.6) is 0 Å².